The van der Waals surface area contributed by atoms with Crippen LogP contribution >= 0.6 is 0 Å². The number of urea groups is 1. The molecule has 1 fully saturated rings. The van der Waals surface area contributed by atoms with Crippen molar-refractivity contribution >= 4 is 17.5 Å². The summed E-state index contributed by atoms with van der Waals surface area (Å²) in [5, 5.41) is 2.96. The standard InChI is InChI=1S/C22H26N2O2/c1-16(2)17-8-10-20(11-9-17)23-22(26)24-14-12-19(13-15-24)21(25)18-6-4-3-5-7-18/h3-11,16,19H,12-15H2,1-2H3,(H,23,26). The van der Waals surface area contributed by atoms with Crippen LogP contribution in [0, 0.1) is 5.92 Å². The molecule has 26 heavy (non-hydrogen) atoms. The molecule has 1 aliphatic heterocycles. The van der Waals surface area contributed by atoms with Crippen LogP contribution in [0.2, 0.25) is 0 Å². The van der Waals surface area contributed by atoms with Crippen molar-refractivity contribution in [2.24, 2.45) is 5.92 Å². The number of hydrogen-bond acceptors (Lipinski definition) is 2. The number of hydrogen-bond donors (Lipinski definition) is 1. The monoisotopic (exact) mass is 350 g/mol. The fourth-order valence-electron chi connectivity index (χ4n) is 3.34. The molecular weight excluding hydrogens is 324 g/mol. The van der Waals surface area contributed by atoms with Crippen molar-refractivity contribution in [2.75, 3.05) is 18.4 Å². The Morgan fingerprint density at radius 1 is 0.962 bits per heavy atom. The average molecular weight is 350 g/mol. The summed E-state index contributed by atoms with van der Waals surface area (Å²) in [4.78, 5) is 26.8. The van der Waals surface area contributed by atoms with Gasteiger partial charge in [0.25, 0.3) is 0 Å². The molecule has 4 nitrogen and oxygen atoms in total. The highest BCUT2D eigenvalue weighted by atomic mass is 16.2. The van der Waals surface area contributed by atoms with E-state index in [2.05, 4.69) is 19.2 Å². The summed E-state index contributed by atoms with van der Waals surface area (Å²) in [5.41, 5.74) is 2.82. The van der Waals surface area contributed by atoms with Crippen molar-refractivity contribution in [2.45, 2.75) is 32.6 Å². The van der Waals surface area contributed by atoms with Gasteiger partial charge in [0, 0.05) is 30.3 Å². The predicted octanol–water partition coefficient (Wildman–Crippen LogP) is 4.94. The van der Waals surface area contributed by atoms with Crippen molar-refractivity contribution < 1.29 is 9.59 Å². The van der Waals surface area contributed by atoms with E-state index in [0.717, 1.165) is 11.3 Å². The molecule has 3 rings (SSSR count). The van der Waals surface area contributed by atoms with Gasteiger partial charge in [-0.15, -0.1) is 0 Å². The number of Topliss-reactive ketones (excluding diaryl/α,β-unsaturated/α-hetero) is 1. The van der Waals surface area contributed by atoms with E-state index in [4.69, 9.17) is 0 Å². The molecule has 1 aliphatic rings. The highest BCUT2D eigenvalue weighted by Gasteiger charge is 2.27. The minimum absolute atomic E-state index is 0.00627. The van der Waals surface area contributed by atoms with E-state index in [1.54, 1.807) is 4.90 Å². The van der Waals surface area contributed by atoms with Crippen LogP contribution < -0.4 is 5.32 Å². The molecule has 0 aliphatic carbocycles. The van der Waals surface area contributed by atoms with Crippen molar-refractivity contribution in [3.63, 3.8) is 0 Å². The molecule has 2 amide bonds. The Morgan fingerprint density at radius 3 is 2.15 bits per heavy atom. The van der Waals surface area contributed by atoms with E-state index in [-0.39, 0.29) is 17.7 Å². The van der Waals surface area contributed by atoms with Gasteiger partial charge in [-0.05, 0) is 36.5 Å². The summed E-state index contributed by atoms with van der Waals surface area (Å²) < 4.78 is 0. The zero-order valence-electron chi connectivity index (χ0n) is 15.4. The Balaban J connectivity index is 1.52. The number of carbonyl (C=O) groups excluding carboxylic acids is 2. The highest BCUT2D eigenvalue weighted by molar-refractivity contribution is 5.98. The van der Waals surface area contributed by atoms with Crippen LogP contribution in [0.25, 0.3) is 0 Å². The molecule has 0 spiro atoms. The van der Waals surface area contributed by atoms with E-state index >= 15 is 0 Å². The van der Waals surface area contributed by atoms with E-state index < -0.39 is 0 Å². The maximum atomic E-state index is 12.5. The summed E-state index contributed by atoms with van der Waals surface area (Å²) in [5.74, 6) is 0.669. The lowest BCUT2D eigenvalue weighted by Crippen LogP contribution is -2.42. The van der Waals surface area contributed by atoms with Gasteiger partial charge < -0.3 is 10.2 Å². The molecule has 136 valence electrons. The van der Waals surface area contributed by atoms with Crippen molar-refractivity contribution in [1.82, 2.24) is 4.90 Å². The van der Waals surface area contributed by atoms with Crippen LogP contribution in [-0.4, -0.2) is 29.8 Å². The lowest BCUT2D eigenvalue weighted by Gasteiger charge is -2.31. The number of rotatable bonds is 4. The predicted molar refractivity (Wildman–Crippen MR) is 105 cm³/mol. The smallest absolute Gasteiger partial charge is 0.321 e. The lowest BCUT2D eigenvalue weighted by atomic mass is 9.89. The number of anilines is 1. The van der Waals surface area contributed by atoms with Crippen molar-refractivity contribution in [1.29, 1.82) is 0 Å². The zero-order valence-corrected chi connectivity index (χ0v) is 15.4. The third-order valence-electron chi connectivity index (χ3n) is 5.04. The Labute approximate surface area is 155 Å². The lowest BCUT2D eigenvalue weighted by molar-refractivity contribution is 0.0859. The minimum atomic E-state index is -0.0899. The van der Waals surface area contributed by atoms with Gasteiger partial charge in [-0.25, -0.2) is 4.79 Å². The molecule has 0 bridgehead atoms. The van der Waals surface area contributed by atoms with Gasteiger partial charge in [0.05, 0.1) is 0 Å². The van der Waals surface area contributed by atoms with Crippen molar-refractivity contribution in [3.05, 3.63) is 65.7 Å². The van der Waals surface area contributed by atoms with Gasteiger partial charge in [-0.3, -0.25) is 4.79 Å². The molecule has 2 aromatic carbocycles. The van der Waals surface area contributed by atoms with Gasteiger partial charge in [0.1, 0.15) is 0 Å². The first-order chi connectivity index (χ1) is 12.5. The Bertz CT molecular complexity index is 745. The van der Waals surface area contributed by atoms with E-state index in [1.165, 1.54) is 5.56 Å². The summed E-state index contributed by atoms with van der Waals surface area (Å²) in [6.45, 7) is 5.52. The molecule has 4 heteroatoms. The molecule has 1 heterocycles. The van der Waals surface area contributed by atoms with Crippen LogP contribution in [-0.2, 0) is 0 Å². The van der Waals surface area contributed by atoms with Crippen molar-refractivity contribution in [3.8, 4) is 0 Å². The number of carbonyl (C=O) groups is 2. The van der Waals surface area contributed by atoms with Crippen LogP contribution in [0.3, 0.4) is 0 Å². The second kappa shape index (κ2) is 8.17. The Kier molecular flexibility index (Phi) is 5.71. The molecular formula is C22H26N2O2. The van der Waals surface area contributed by atoms with Gasteiger partial charge >= 0.3 is 6.03 Å². The molecule has 1 N–H and O–H groups in total. The summed E-state index contributed by atoms with van der Waals surface area (Å²) in [6, 6.07) is 17.3. The third-order valence-corrected chi connectivity index (χ3v) is 5.04. The molecule has 0 unspecified atom stereocenters. The highest BCUT2D eigenvalue weighted by Crippen LogP contribution is 2.23. The fourth-order valence-corrected chi connectivity index (χ4v) is 3.34. The maximum Gasteiger partial charge on any atom is 0.321 e. The van der Waals surface area contributed by atoms with Gasteiger partial charge in [-0.1, -0.05) is 56.3 Å². The first kappa shape index (κ1) is 18.2. The average Bonchev–Trinajstić information content (AvgIpc) is 2.68. The van der Waals surface area contributed by atoms with Crippen LogP contribution in [0.1, 0.15) is 48.5 Å². The first-order valence-electron chi connectivity index (χ1n) is 9.29. The second-order valence-corrected chi connectivity index (χ2v) is 7.20. The molecule has 0 atom stereocenters. The summed E-state index contributed by atoms with van der Waals surface area (Å²) >= 11 is 0. The molecule has 0 aromatic heterocycles. The van der Waals surface area contributed by atoms with Gasteiger partial charge in [0.2, 0.25) is 0 Å². The summed E-state index contributed by atoms with van der Waals surface area (Å²) in [6.07, 6.45) is 1.43. The maximum absolute atomic E-state index is 12.5. The Hall–Kier alpha value is -2.62. The number of benzene rings is 2. The van der Waals surface area contributed by atoms with E-state index in [0.29, 0.717) is 31.8 Å². The number of piperidine rings is 1. The number of ketones is 1. The van der Waals surface area contributed by atoms with Gasteiger partial charge in [-0.2, -0.15) is 0 Å². The first-order valence-corrected chi connectivity index (χ1v) is 9.29. The van der Waals surface area contributed by atoms with Gasteiger partial charge in [0.15, 0.2) is 5.78 Å². The second-order valence-electron chi connectivity index (χ2n) is 7.20. The fraction of sp³-hybridized carbons (Fsp3) is 0.364. The largest absolute Gasteiger partial charge is 0.324 e. The van der Waals surface area contributed by atoms with Crippen LogP contribution in [0.15, 0.2) is 54.6 Å². The molecule has 0 saturated carbocycles. The third kappa shape index (κ3) is 4.31. The van der Waals surface area contributed by atoms with Crippen LogP contribution in [0.4, 0.5) is 10.5 Å². The molecule has 0 radical (unpaired) electrons. The molecule has 2 aromatic rings. The number of nitrogens with one attached hydrogen (secondary N) is 1. The number of nitrogens with zero attached hydrogens (tertiary/aromatic N) is 1. The molecule has 1 saturated heterocycles. The number of likely N-dealkylation sites (tertiary alicyclic amines) is 1. The van der Waals surface area contributed by atoms with Crippen LogP contribution in [0.5, 0.6) is 0 Å². The zero-order chi connectivity index (χ0) is 18.5. The van der Waals surface area contributed by atoms with E-state index in [1.807, 2.05) is 54.6 Å². The minimum Gasteiger partial charge on any atom is -0.324 e. The quantitative estimate of drug-likeness (QED) is 0.794. The normalized spacial score (nSPS) is 15.1. The van der Waals surface area contributed by atoms with E-state index in [9.17, 15) is 9.59 Å². The summed E-state index contributed by atoms with van der Waals surface area (Å²) in [7, 11) is 0. The Morgan fingerprint density at radius 2 is 1.58 bits per heavy atom. The number of amides is 2. The SMILES string of the molecule is CC(C)c1ccc(NC(=O)N2CCC(C(=O)c3ccccc3)CC2)cc1. The topological polar surface area (TPSA) is 49.4 Å².